The first kappa shape index (κ1) is 23.1. The number of likely N-dealkylation sites (tertiary alicyclic amines) is 2. The van der Waals surface area contributed by atoms with Gasteiger partial charge in [-0.15, -0.1) is 24.0 Å². The van der Waals surface area contributed by atoms with Crippen molar-refractivity contribution in [1.82, 2.24) is 20.4 Å². The lowest BCUT2D eigenvalue weighted by Crippen LogP contribution is -2.55. The standard InChI is InChI=1S/C21H37N5O2.HI/c1-2-22-19(25-9-5-6-20(17-25)14-18(27)23-15-20)24-16-21(7-12-28-13-8-21)26-10-3-4-11-26;/h2-17H2,1H3,(H,22,24)(H,23,27);1H. The van der Waals surface area contributed by atoms with E-state index in [-0.39, 0.29) is 40.8 Å². The zero-order valence-electron chi connectivity index (χ0n) is 17.9. The average molecular weight is 519 g/mol. The van der Waals surface area contributed by atoms with Gasteiger partial charge in [-0.05, 0) is 58.5 Å². The van der Waals surface area contributed by atoms with E-state index in [0.29, 0.717) is 6.42 Å². The number of nitrogens with zero attached hydrogens (tertiary/aromatic N) is 3. The molecule has 0 aromatic heterocycles. The molecule has 29 heavy (non-hydrogen) atoms. The zero-order valence-corrected chi connectivity index (χ0v) is 20.2. The number of carbonyl (C=O) groups excluding carboxylic acids is 1. The van der Waals surface area contributed by atoms with Gasteiger partial charge in [0.25, 0.3) is 0 Å². The molecule has 0 aliphatic carbocycles. The topological polar surface area (TPSA) is 69.2 Å². The smallest absolute Gasteiger partial charge is 0.220 e. The number of nitrogens with one attached hydrogen (secondary N) is 2. The van der Waals surface area contributed by atoms with Gasteiger partial charge in [-0.1, -0.05) is 0 Å². The number of aliphatic imine (C=N–C) groups is 1. The van der Waals surface area contributed by atoms with Crippen molar-refractivity contribution in [1.29, 1.82) is 0 Å². The summed E-state index contributed by atoms with van der Waals surface area (Å²) in [7, 11) is 0. The van der Waals surface area contributed by atoms with Crippen molar-refractivity contribution in [3.05, 3.63) is 0 Å². The molecule has 4 fully saturated rings. The molecule has 4 rings (SSSR count). The summed E-state index contributed by atoms with van der Waals surface area (Å²) < 4.78 is 5.69. The van der Waals surface area contributed by atoms with E-state index < -0.39 is 0 Å². The number of carbonyl (C=O) groups is 1. The third kappa shape index (κ3) is 5.18. The largest absolute Gasteiger partial charge is 0.381 e. The van der Waals surface area contributed by atoms with E-state index in [1.807, 2.05) is 0 Å². The van der Waals surface area contributed by atoms with Gasteiger partial charge in [0.15, 0.2) is 5.96 Å². The molecule has 8 heteroatoms. The third-order valence-electron chi connectivity index (χ3n) is 7.22. The first-order valence-electron chi connectivity index (χ1n) is 11.3. The summed E-state index contributed by atoms with van der Waals surface area (Å²) >= 11 is 0. The van der Waals surface area contributed by atoms with Gasteiger partial charge in [0, 0.05) is 56.8 Å². The molecule has 4 aliphatic rings. The summed E-state index contributed by atoms with van der Waals surface area (Å²) in [5, 5.41) is 6.59. The Bertz CT molecular complexity index is 590. The normalized spacial score (nSPS) is 30.3. The van der Waals surface area contributed by atoms with Gasteiger partial charge in [-0.3, -0.25) is 14.7 Å². The second-order valence-corrected chi connectivity index (χ2v) is 9.18. The quantitative estimate of drug-likeness (QED) is 0.337. The lowest BCUT2D eigenvalue weighted by Gasteiger charge is -2.44. The highest BCUT2D eigenvalue weighted by Crippen LogP contribution is 2.36. The maximum absolute atomic E-state index is 11.8. The summed E-state index contributed by atoms with van der Waals surface area (Å²) in [6.07, 6.45) is 7.71. The molecule has 166 valence electrons. The molecule has 4 aliphatic heterocycles. The van der Waals surface area contributed by atoms with Crippen molar-refractivity contribution in [2.45, 2.75) is 57.4 Å². The highest BCUT2D eigenvalue weighted by atomic mass is 127. The average Bonchev–Trinajstić information content (AvgIpc) is 3.37. The highest BCUT2D eigenvalue weighted by Gasteiger charge is 2.43. The van der Waals surface area contributed by atoms with Crippen molar-refractivity contribution in [2.75, 3.05) is 59.0 Å². The number of guanidine groups is 1. The summed E-state index contributed by atoms with van der Waals surface area (Å²) in [5.74, 6) is 1.24. The predicted octanol–water partition coefficient (Wildman–Crippen LogP) is 1.82. The molecular weight excluding hydrogens is 481 g/mol. The van der Waals surface area contributed by atoms with E-state index in [1.165, 1.54) is 25.9 Å². The maximum atomic E-state index is 11.8. The van der Waals surface area contributed by atoms with Gasteiger partial charge in [0.2, 0.25) is 5.91 Å². The SMILES string of the molecule is CCNC(=NCC1(N2CCCC2)CCOCC1)N1CCCC2(CNC(=O)C2)C1.I. The Kier molecular flexibility index (Phi) is 8.06. The van der Waals surface area contributed by atoms with Crippen molar-refractivity contribution in [3.63, 3.8) is 0 Å². The van der Waals surface area contributed by atoms with Crippen LogP contribution in [0.15, 0.2) is 4.99 Å². The van der Waals surface area contributed by atoms with Gasteiger partial charge in [0.1, 0.15) is 0 Å². The summed E-state index contributed by atoms with van der Waals surface area (Å²) in [4.78, 5) is 22.1. The van der Waals surface area contributed by atoms with Crippen LogP contribution in [-0.4, -0.2) is 86.2 Å². The minimum atomic E-state index is 0. The fraction of sp³-hybridized carbons (Fsp3) is 0.905. The van der Waals surface area contributed by atoms with E-state index in [2.05, 4.69) is 27.4 Å². The van der Waals surface area contributed by atoms with Crippen LogP contribution < -0.4 is 10.6 Å². The molecule has 0 radical (unpaired) electrons. The predicted molar refractivity (Wildman–Crippen MR) is 126 cm³/mol. The number of hydrogen-bond acceptors (Lipinski definition) is 4. The molecule has 4 saturated heterocycles. The van der Waals surface area contributed by atoms with Crippen LogP contribution in [0.25, 0.3) is 0 Å². The van der Waals surface area contributed by atoms with Gasteiger partial charge in [-0.25, -0.2) is 0 Å². The van der Waals surface area contributed by atoms with Crippen LogP contribution in [0.3, 0.4) is 0 Å². The van der Waals surface area contributed by atoms with Crippen LogP contribution in [0.1, 0.15) is 51.9 Å². The van der Waals surface area contributed by atoms with Crippen LogP contribution >= 0.6 is 24.0 Å². The summed E-state index contributed by atoms with van der Waals surface area (Å²) in [6, 6.07) is 0. The molecule has 0 aromatic rings. The van der Waals surface area contributed by atoms with Gasteiger partial charge >= 0.3 is 0 Å². The van der Waals surface area contributed by atoms with Crippen LogP contribution in [0.2, 0.25) is 0 Å². The Hall–Kier alpha value is -0.610. The molecule has 0 saturated carbocycles. The van der Waals surface area contributed by atoms with Gasteiger partial charge in [-0.2, -0.15) is 0 Å². The number of halogens is 1. The minimum absolute atomic E-state index is 0. The molecule has 1 spiro atoms. The fourth-order valence-electron chi connectivity index (χ4n) is 5.59. The second-order valence-electron chi connectivity index (χ2n) is 9.18. The van der Waals surface area contributed by atoms with Crippen molar-refractivity contribution < 1.29 is 9.53 Å². The van der Waals surface area contributed by atoms with Crippen molar-refractivity contribution in [2.24, 2.45) is 10.4 Å². The molecule has 1 amide bonds. The van der Waals surface area contributed by atoms with Gasteiger partial charge < -0.3 is 20.3 Å². The summed E-state index contributed by atoms with van der Waals surface area (Å²) in [6.45, 7) is 10.7. The summed E-state index contributed by atoms with van der Waals surface area (Å²) in [5.41, 5.74) is 0.255. The number of piperidine rings is 1. The zero-order chi connectivity index (χ0) is 19.5. The van der Waals surface area contributed by atoms with E-state index in [9.17, 15) is 4.79 Å². The Labute approximate surface area is 192 Å². The van der Waals surface area contributed by atoms with E-state index in [1.54, 1.807) is 0 Å². The van der Waals surface area contributed by atoms with E-state index in [4.69, 9.17) is 9.73 Å². The second kappa shape index (κ2) is 10.1. The van der Waals surface area contributed by atoms with Crippen LogP contribution in [0, 0.1) is 5.41 Å². The van der Waals surface area contributed by atoms with Gasteiger partial charge in [0.05, 0.1) is 6.54 Å². The third-order valence-corrected chi connectivity index (χ3v) is 7.22. The van der Waals surface area contributed by atoms with E-state index in [0.717, 1.165) is 77.6 Å². The van der Waals surface area contributed by atoms with Crippen LogP contribution in [0.5, 0.6) is 0 Å². The molecule has 0 aromatic carbocycles. The van der Waals surface area contributed by atoms with Crippen LogP contribution in [0.4, 0.5) is 0 Å². The number of amides is 1. The molecule has 0 bridgehead atoms. The van der Waals surface area contributed by atoms with Crippen molar-refractivity contribution in [3.8, 4) is 0 Å². The first-order valence-corrected chi connectivity index (χ1v) is 11.3. The molecule has 7 nitrogen and oxygen atoms in total. The minimum Gasteiger partial charge on any atom is -0.381 e. The first-order chi connectivity index (χ1) is 13.6. The Morgan fingerprint density at radius 3 is 2.59 bits per heavy atom. The maximum Gasteiger partial charge on any atom is 0.220 e. The Morgan fingerprint density at radius 2 is 1.93 bits per heavy atom. The molecule has 2 N–H and O–H groups in total. The molecule has 1 unspecified atom stereocenters. The van der Waals surface area contributed by atoms with Crippen LogP contribution in [-0.2, 0) is 9.53 Å². The number of ether oxygens (including phenoxy) is 1. The Morgan fingerprint density at radius 1 is 1.17 bits per heavy atom. The lowest BCUT2D eigenvalue weighted by molar-refractivity contribution is -0.119. The molecule has 1 atom stereocenters. The number of rotatable bonds is 4. The Balaban J connectivity index is 0.00000240. The van der Waals surface area contributed by atoms with E-state index >= 15 is 0 Å². The lowest BCUT2D eigenvalue weighted by atomic mass is 9.79. The van der Waals surface area contributed by atoms with Crippen molar-refractivity contribution >= 4 is 35.8 Å². The highest BCUT2D eigenvalue weighted by molar-refractivity contribution is 14.0. The monoisotopic (exact) mass is 519 g/mol. The number of hydrogen-bond donors (Lipinski definition) is 2. The molecule has 4 heterocycles. The fourth-order valence-corrected chi connectivity index (χ4v) is 5.59. The molecular formula is C21H38IN5O2.